The normalized spacial score (nSPS) is 12.9. The SMILES string of the molecule is N[C@@H](CSSCCO)C(=O)[O-]. The van der Waals surface area contributed by atoms with Crippen molar-refractivity contribution in [3.8, 4) is 0 Å². The van der Waals surface area contributed by atoms with Crippen molar-refractivity contribution >= 4 is 27.6 Å². The van der Waals surface area contributed by atoms with Gasteiger partial charge >= 0.3 is 0 Å². The first-order valence-corrected chi connectivity index (χ1v) is 5.49. The molecule has 66 valence electrons. The van der Waals surface area contributed by atoms with E-state index in [-0.39, 0.29) is 6.61 Å². The summed E-state index contributed by atoms with van der Waals surface area (Å²) in [5.41, 5.74) is 5.14. The lowest BCUT2D eigenvalue weighted by Gasteiger charge is -2.10. The Bertz CT molecular complexity index is 122. The van der Waals surface area contributed by atoms with Gasteiger partial charge in [0.15, 0.2) is 0 Å². The van der Waals surface area contributed by atoms with E-state index in [1.165, 1.54) is 21.6 Å². The van der Waals surface area contributed by atoms with Crippen molar-refractivity contribution in [2.45, 2.75) is 6.04 Å². The van der Waals surface area contributed by atoms with Crippen molar-refractivity contribution in [1.82, 2.24) is 0 Å². The van der Waals surface area contributed by atoms with Crippen LogP contribution in [0, 0.1) is 0 Å². The minimum absolute atomic E-state index is 0.0955. The van der Waals surface area contributed by atoms with Crippen LogP contribution in [0.4, 0.5) is 0 Å². The highest BCUT2D eigenvalue weighted by Crippen LogP contribution is 2.20. The minimum atomic E-state index is -1.23. The summed E-state index contributed by atoms with van der Waals surface area (Å²) in [6.45, 7) is 0.0955. The molecule has 6 heteroatoms. The topological polar surface area (TPSA) is 86.4 Å². The lowest BCUT2D eigenvalue weighted by molar-refractivity contribution is -0.306. The Kier molecular flexibility index (Phi) is 6.83. The predicted molar refractivity (Wildman–Crippen MR) is 45.0 cm³/mol. The van der Waals surface area contributed by atoms with Gasteiger partial charge in [-0.1, -0.05) is 21.6 Å². The maximum Gasteiger partial charge on any atom is 0.0590 e. The lowest BCUT2D eigenvalue weighted by atomic mass is 10.4. The van der Waals surface area contributed by atoms with Crippen LogP contribution in [0.25, 0.3) is 0 Å². The fourth-order valence-corrected chi connectivity index (χ4v) is 2.16. The van der Waals surface area contributed by atoms with Gasteiger partial charge in [-0.15, -0.1) is 0 Å². The molecule has 0 aliphatic heterocycles. The van der Waals surface area contributed by atoms with Crippen LogP contribution in [0.15, 0.2) is 0 Å². The van der Waals surface area contributed by atoms with E-state index in [2.05, 4.69) is 0 Å². The Hall–Kier alpha value is 0.0900. The molecule has 0 fully saturated rings. The number of aliphatic hydroxyl groups is 1. The number of nitrogens with two attached hydrogens (primary N) is 1. The minimum Gasteiger partial charge on any atom is -0.548 e. The van der Waals surface area contributed by atoms with Gasteiger partial charge in [0.05, 0.1) is 18.6 Å². The smallest absolute Gasteiger partial charge is 0.0590 e. The molecule has 4 nitrogen and oxygen atoms in total. The number of carboxylic acids is 1. The molecule has 0 aromatic carbocycles. The molecule has 3 N–H and O–H groups in total. The molecule has 0 spiro atoms. The molecule has 0 aromatic heterocycles. The first kappa shape index (κ1) is 11.1. The number of rotatable bonds is 6. The van der Waals surface area contributed by atoms with Crippen LogP contribution in [0.5, 0.6) is 0 Å². The fourth-order valence-electron chi connectivity index (χ4n) is 0.286. The Morgan fingerprint density at radius 2 is 2.27 bits per heavy atom. The van der Waals surface area contributed by atoms with E-state index in [0.29, 0.717) is 11.5 Å². The Morgan fingerprint density at radius 1 is 1.64 bits per heavy atom. The third-order valence-electron chi connectivity index (χ3n) is 0.808. The van der Waals surface area contributed by atoms with Crippen molar-refractivity contribution < 1.29 is 15.0 Å². The van der Waals surface area contributed by atoms with E-state index in [1.54, 1.807) is 0 Å². The second kappa shape index (κ2) is 6.78. The number of carbonyl (C=O) groups is 1. The zero-order valence-electron chi connectivity index (χ0n) is 5.86. The van der Waals surface area contributed by atoms with Crippen molar-refractivity contribution in [3.05, 3.63) is 0 Å². The average Bonchev–Trinajstić information content (AvgIpc) is 1.97. The monoisotopic (exact) mass is 196 g/mol. The molecule has 1 atom stereocenters. The van der Waals surface area contributed by atoms with Gasteiger partial charge in [-0.2, -0.15) is 0 Å². The molecule has 0 amide bonds. The Labute approximate surface area is 72.9 Å². The molecule has 0 heterocycles. The quantitative estimate of drug-likeness (QED) is 0.394. The summed E-state index contributed by atoms with van der Waals surface area (Å²) in [5, 5.41) is 18.4. The molecule has 0 aromatic rings. The molecule has 0 radical (unpaired) electrons. The third kappa shape index (κ3) is 6.49. The zero-order chi connectivity index (χ0) is 8.69. The summed E-state index contributed by atoms with van der Waals surface area (Å²) in [6, 6.07) is -0.911. The Balaban J connectivity index is 3.17. The Morgan fingerprint density at radius 3 is 2.73 bits per heavy atom. The van der Waals surface area contributed by atoms with E-state index in [9.17, 15) is 9.90 Å². The molecule has 0 rings (SSSR count). The van der Waals surface area contributed by atoms with Crippen LogP contribution in [0.3, 0.4) is 0 Å². The van der Waals surface area contributed by atoms with Gasteiger partial charge in [0, 0.05) is 11.5 Å². The van der Waals surface area contributed by atoms with Crippen molar-refractivity contribution in [3.63, 3.8) is 0 Å². The van der Waals surface area contributed by atoms with E-state index in [4.69, 9.17) is 10.8 Å². The van der Waals surface area contributed by atoms with Crippen LogP contribution in [-0.4, -0.2) is 35.2 Å². The highest BCUT2D eigenvalue weighted by atomic mass is 33.1. The lowest BCUT2D eigenvalue weighted by Crippen LogP contribution is -2.43. The van der Waals surface area contributed by atoms with Gasteiger partial charge in [-0.25, -0.2) is 0 Å². The third-order valence-corrected chi connectivity index (χ3v) is 3.23. The predicted octanol–water partition coefficient (Wildman–Crippen LogP) is -1.56. The molecular formula is C5H10NO3S2-. The number of carbonyl (C=O) groups excluding carboxylic acids is 1. The fraction of sp³-hybridized carbons (Fsp3) is 0.800. The van der Waals surface area contributed by atoms with Crippen LogP contribution in [-0.2, 0) is 4.79 Å². The maximum absolute atomic E-state index is 10.1. The number of aliphatic hydroxyl groups excluding tert-OH is 1. The molecule has 0 saturated carbocycles. The van der Waals surface area contributed by atoms with Gasteiger partial charge in [0.1, 0.15) is 0 Å². The van der Waals surface area contributed by atoms with Crippen molar-refractivity contribution in [1.29, 1.82) is 0 Å². The number of hydrogen-bond donors (Lipinski definition) is 2. The van der Waals surface area contributed by atoms with Crippen LogP contribution < -0.4 is 10.8 Å². The standard InChI is InChI=1S/C5H11NO3S2/c6-4(5(8)9)3-11-10-2-1-7/h4,7H,1-3,6H2,(H,8,9)/p-1/t4-/m0/s1. The number of aliphatic carboxylic acids is 1. The average molecular weight is 196 g/mol. The largest absolute Gasteiger partial charge is 0.548 e. The summed E-state index contributed by atoms with van der Waals surface area (Å²) >= 11 is 0. The number of hydrogen-bond acceptors (Lipinski definition) is 6. The van der Waals surface area contributed by atoms with Gasteiger partial charge in [0.2, 0.25) is 0 Å². The molecule has 11 heavy (non-hydrogen) atoms. The summed E-state index contributed by atoms with van der Waals surface area (Å²) in [5.74, 6) is -0.334. The summed E-state index contributed by atoms with van der Waals surface area (Å²) in [7, 11) is 2.72. The van der Waals surface area contributed by atoms with Gasteiger partial charge in [0.25, 0.3) is 0 Å². The molecule has 0 aliphatic carbocycles. The van der Waals surface area contributed by atoms with Crippen LogP contribution in [0.2, 0.25) is 0 Å². The summed E-state index contributed by atoms with van der Waals surface area (Å²) in [4.78, 5) is 10.1. The van der Waals surface area contributed by atoms with Crippen molar-refractivity contribution in [2.75, 3.05) is 18.1 Å². The van der Waals surface area contributed by atoms with Crippen LogP contribution >= 0.6 is 21.6 Å². The molecule has 0 saturated heterocycles. The molecule has 0 bridgehead atoms. The van der Waals surface area contributed by atoms with E-state index in [0.717, 1.165) is 0 Å². The maximum atomic E-state index is 10.1. The molecule has 0 unspecified atom stereocenters. The highest BCUT2D eigenvalue weighted by Gasteiger charge is 2.02. The second-order valence-electron chi connectivity index (χ2n) is 1.76. The van der Waals surface area contributed by atoms with Gasteiger partial charge in [-0.05, 0) is 0 Å². The van der Waals surface area contributed by atoms with Gasteiger partial charge < -0.3 is 20.7 Å². The first-order valence-electron chi connectivity index (χ1n) is 3.00. The molecular weight excluding hydrogens is 186 g/mol. The van der Waals surface area contributed by atoms with Crippen molar-refractivity contribution in [2.24, 2.45) is 5.73 Å². The van der Waals surface area contributed by atoms with Gasteiger partial charge in [-0.3, -0.25) is 0 Å². The van der Waals surface area contributed by atoms with E-state index >= 15 is 0 Å². The summed E-state index contributed by atoms with van der Waals surface area (Å²) in [6.07, 6.45) is 0. The molecule has 0 aliphatic rings. The first-order chi connectivity index (χ1) is 5.18. The van der Waals surface area contributed by atoms with Crippen LogP contribution in [0.1, 0.15) is 0 Å². The zero-order valence-corrected chi connectivity index (χ0v) is 7.49. The highest BCUT2D eigenvalue weighted by molar-refractivity contribution is 8.76. The number of carboxylic acid groups (broad SMARTS) is 1. The summed E-state index contributed by atoms with van der Waals surface area (Å²) < 4.78 is 0. The van der Waals surface area contributed by atoms with E-state index < -0.39 is 12.0 Å². The second-order valence-corrected chi connectivity index (χ2v) is 4.38. The van der Waals surface area contributed by atoms with E-state index in [1.807, 2.05) is 0 Å².